The molecule has 0 spiro atoms. The molecular formula is C6H13Cl3O. The van der Waals surface area contributed by atoms with Gasteiger partial charge in [-0.15, -0.1) is 0 Å². The maximum Gasteiger partial charge on any atom is 0.180 e. The summed E-state index contributed by atoms with van der Waals surface area (Å²) in [4.78, 5) is 0. The molecule has 0 bridgehead atoms. The third-order valence-electron chi connectivity index (χ3n) is 0.942. The molecule has 0 radical (unpaired) electrons. The molecule has 64 valence electrons. The van der Waals surface area contributed by atoms with E-state index in [1.807, 2.05) is 13.8 Å². The van der Waals surface area contributed by atoms with Crippen molar-refractivity contribution >= 4 is 34.8 Å². The molecule has 0 unspecified atom stereocenters. The molecule has 1 nitrogen and oxygen atoms in total. The molecule has 0 saturated heterocycles. The summed E-state index contributed by atoms with van der Waals surface area (Å²) in [6.45, 7) is 3.96. The van der Waals surface area contributed by atoms with E-state index < -0.39 is 4.30 Å². The zero-order valence-corrected chi connectivity index (χ0v) is 8.42. The minimum absolute atomic E-state index is 0.0648. The summed E-state index contributed by atoms with van der Waals surface area (Å²) in [5, 5.41) is 8.67. The third kappa shape index (κ3) is 23.2. The Morgan fingerprint density at radius 1 is 1.10 bits per heavy atom. The first-order valence-corrected chi connectivity index (χ1v) is 4.45. The normalized spacial score (nSPS) is 9.60. The first-order chi connectivity index (χ1) is 4.54. The van der Waals surface area contributed by atoms with Crippen molar-refractivity contribution in [1.82, 2.24) is 0 Å². The van der Waals surface area contributed by atoms with E-state index in [0.29, 0.717) is 0 Å². The van der Waals surface area contributed by atoms with E-state index in [4.69, 9.17) is 39.9 Å². The first-order valence-electron chi connectivity index (χ1n) is 3.14. The highest BCUT2D eigenvalue weighted by molar-refractivity contribution is 6.63. The average molecular weight is 208 g/mol. The van der Waals surface area contributed by atoms with Crippen molar-refractivity contribution < 1.29 is 5.11 Å². The second kappa shape index (κ2) is 9.83. The van der Waals surface area contributed by atoms with Crippen LogP contribution in [0.25, 0.3) is 0 Å². The van der Waals surface area contributed by atoms with E-state index in [1.54, 1.807) is 0 Å². The van der Waals surface area contributed by atoms with Crippen molar-refractivity contribution in [2.24, 2.45) is 0 Å². The number of aliphatic hydroxyl groups excluding tert-OH is 1. The minimum Gasteiger partial charge on any atom is -0.393 e. The maximum absolute atomic E-state index is 8.67. The zero-order valence-electron chi connectivity index (χ0n) is 6.15. The van der Waals surface area contributed by atoms with Gasteiger partial charge in [-0.25, -0.2) is 0 Å². The fourth-order valence-corrected chi connectivity index (χ4v) is 0.289. The van der Waals surface area contributed by atoms with Gasteiger partial charge in [-0.3, -0.25) is 0 Å². The molecule has 0 aliphatic carbocycles. The van der Waals surface area contributed by atoms with Crippen molar-refractivity contribution in [3.8, 4) is 0 Å². The highest BCUT2D eigenvalue weighted by Crippen LogP contribution is 2.03. The lowest BCUT2D eigenvalue weighted by Crippen LogP contribution is -1.99. The van der Waals surface area contributed by atoms with Gasteiger partial charge < -0.3 is 5.11 Å². The number of alkyl halides is 3. The van der Waals surface area contributed by atoms with Gasteiger partial charge in [-0.1, -0.05) is 48.7 Å². The van der Waals surface area contributed by atoms with Crippen molar-refractivity contribution in [2.75, 3.05) is 0 Å². The molecule has 10 heavy (non-hydrogen) atoms. The van der Waals surface area contributed by atoms with Crippen molar-refractivity contribution in [3.63, 3.8) is 0 Å². The van der Waals surface area contributed by atoms with Crippen LogP contribution in [-0.2, 0) is 0 Å². The summed E-state index contributed by atoms with van der Waals surface area (Å²) in [6.07, 6.45) is 1.71. The number of hydrogen-bond acceptors (Lipinski definition) is 1. The molecule has 0 aromatic carbocycles. The average Bonchev–Trinajstić information content (AvgIpc) is 1.85. The fraction of sp³-hybridized carbons (Fsp3) is 1.00. The largest absolute Gasteiger partial charge is 0.393 e. The second-order valence-electron chi connectivity index (χ2n) is 1.72. The van der Waals surface area contributed by atoms with Gasteiger partial charge >= 0.3 is 0 Å². The zero-order chi connectivity index (χ0) is 8.57. The van der Waals surface area contributed by atoms with E-state index in [0.717, 1.165) is 12.8 Å². The summed E-state index contributed by atoms with van der Waals surface area (Å²) in [5.74, 6) is 0. The number of rotatable bonds is 2. The van der Waals surface area contributed by atoms with Crippen molar-refractivity contribution in [1.29, 1.82) is 0 Å². The highest BCUT2D eigenvalue weighted by Gasteiger charge is 1.90. The van der Waals surface area contributed by atoms with Gasteiger partial charge in [0.15, 0.2) is 4.30 Å². The molecule has 0 aliphatic heterocycles. The third-order valence-corrected chi connectivity index (χ3v) is 0.942. The van der Waals surface area contributed by atoms with Crippen LogP contribution in [0.15, 0.2) is 0 Å². The summed E-state index contributed by atoms with van der Waals surface area (Å²) in [5.41, 5.74) is 0. The molecule has 0 fully saturated rings. The Morgan fingerprint density at radius 2 is 1.30 bits per heavy atom. The van der Waals surface area contributed by atoms with Crippen LogP contribution < -0.4 is 0 Å². The van der Waals surface area contributed by atoms with Crippen LogP contribution in [0.2, 0.25) is 0 Å². The molecule has 0 aliphatic rings. The monoisotopic (exact) mass is 206 g/mol. The highest BCUT2D eigenvalue weighted by atomic mass is 35.6. The van der Waals surface area contributed by atoms with Gasteiger partial charge in [-0.05, 0) is 12.8 Å². The van der Waals surface area contributed by atoms with Crippen molar-refractivity contribution in [3.05, 3.63) is 0 Å². The van der Waals surface area contributed by atoms with E-state index in [-0.39, 0.29) is 6.10 Å². The number of halogens is 3. The molecule has 0 rings (SSSR count). The molecule has 0 heterocycles. The lowest BCUT2D eigenvalue weighted by Gasteiger charge is -1.98. The van der Waals surface area contributed by atoms with Crippen LogP contribution in [0.1, 0.15) is 26.7 Å². The Balaban J connectivity index is 0. The quantitative estimate of drug-likeness (QED) is 0.690. The molecule has 0 atom stereocenters. The Morgan fingerprint density at radius 3 is 1.30 bits per heavy atom. The Hall–Kier alpha value is 0.830. The predicted molar refractivity (Wildman–Crippen MR) is 47.9 cm³/mol. The molecule has 4 heteroatoms. The molecular weight excluding hydrogens is 194 g/mol. The van der Waals surface area contributed by atoms with Crippen LogP contribution in [0.4, 0.5) is 0 Å². The van der Waals surface area contributed by atoms with E-state index in [9.17, 15) is 0 Å². The summed E-state index contributed by atoms with van der Waals surface area (Å²) < 4.78 is -0.750. The molecule has 0 aromatic rings. The van der Waals surface area contributed by atoms with Crippen LogP contribution in [0.5, 0.6) is 0 Å². The Labute approximate surface area is 77.3 Å². The van der Waals surface area contributed by atoms with Crippen LogP contribution in [0, 0.1) is 0 Å². The topological polar surface area (TPSA) is 20.2 Å². The molecule has 0 saturated carbocycles. The standard InChI is InChI=1S/C5H12O.CHCl3/c1-3-5(6)4-2;2-1(3)4/h5-6H,3-4H2,1-2H3;1H. The Bertz CT molecular complexity index is 52.2. The number of hydrogen-bond donors (Lipinski definition) is 1. The molecule has 1 N–H and O–H groups in total. The lowest BCUT2D eigenvalue weighted by molar-refractivity contribution is 0.166. The minimum atomic E-state index is -0.750. The second-order valence-corrected chi connectivity index (χ2v) is 3.70. The smallest absolute Gasteiger partial charge is 0.180 e. The van der Waals surface area contributed by atoms with Gasteiger partial charge in [0.2, 0.25) is 0 Å². The van der Waals surface area contributed by atoms with Crippen molar-refractivity contribution in [2.45, 2.75) is 37.1 Å². The molecule has 0 amide bonds. The van der Waals surface area contributed by atoms with Crippen LogP contribution >= 0.6 is 34.8 Å². The summed E-state index contributed by atoms with van der Waals surface area (Å²) in [6, 6.07) is 0. The summed E-state index contributed by atoms with van der Waals surface area (Å²) >= 11 is 14.4. The van der Waals surface area contributed by atoms with E-state index in [2.05, 4.69) is 0 Å². The first kappa shape index (κ1) is 13.4. The lowest BCUT2D eigenvalue weighted by atomic mass is 10.2. The molecule has 0 aromatic heterocycles. The van der Waals surface area contributed by atoms with Crippen LogP contribution in [-0.4, -0.2) is 15.5 Å². The van der Waals surface area contributed by atoms with Crippen LogP contribution in [0.3, 0.4) is 0 Å². The van der Waals surface area contributed by atoms with Gasteiger partial charge in [-0.2, -0.15) is 0 Å². The van der Waals surface area contributed by atoms with Gasteiger partial charge in [0.05, 0.1) is 6.10 Å². The van der Waals surface area contributed by atoms with Gasteiger partial charge in [0, 0.05) is 0 Å². The van der Waals surface area contributed by atoms with E-state index in [1.165, 1.54) is 0 Å². The predicted octanol–water partition coefficient (Wildman–Crippen LogP) is 3.15. The summed E-state index contributed by atoms with van der Waals surface area (Å²) in [7, 11) is 0. The maximum atomic E-state index is 8.67. The number of aliphatic hydroxyl groups is 1. The SMILES string of the molecule is CCC(O)CC.ClC(Cl)Cl. The fourth-order valence-electron chi connectivity index (χ4n) is 0.289. The Kier molecular flexibility index (Phi) is 13.2. The van der Waals surface area contributed by atoms with E-state index >= 15 is 0 Å². The van der Waals surface area contributed by atoms with Gasteiger partial charge in [0.1, 0.15) is 0 Å². The van der Waals surface area contributed by atoms with Gasteiger partial charge in [0.25, 0.3) is 0 Å².